The van der Waals surface area contributed by atoms with Crippen LogP contribution in [0.2, 0.25) is 0 Å². The lowest BCUT2D eigenvalue weighted by Gasteiger charge is -2.24. The molecule has 0 fully saturated rings. The van der Waals surface area contributed by atoms with Gasteiger partial charge < -0.3 is 11.1 Å². The third-order valence-electron chi connectivity index (χ3n) is 3.31. The highest BCUT2D eigenvalue weighted by atomic mass is 19.1. The molecule has 0 bridgehead atoms. The van der Waals surface area contributed by atoms with Gasteiger partial charge in [0.05, 0.1) is 5.69 Å². The molecule has 0 heterocycles. The Morgan fingerprint density at radius 1 is 1.15 bits per heavy atom. The number of rotatable bonds is 3. The van der Waals surface area contributed by atoms with Gasteiger partial charge in [-0.3, -0.25) is 4.79 Å². The highest BCUT2D eigenvalue weighted by molar-refractivity contribution is 5.98. The average molecular weight is 272 g/mol. The van der Waals surface area contributed by atoms with Gasteiger partial charge in [0.2, 0.25) is 5.91 Å². The number of hydrogen-bond donors (Lipinski definition) is 2. The van der Waals surface area contributed by atoms with E-state index in [4.69, 9.17) is 5.73 Å². The topological polar surface area (TPSA) is 55.1 Å². The average Bonchev–Trinajstić information content (AvgIpc) is 2.43. The first-order valence-electron chi connectivity index (χ1n) is 6.34. The quantitative estimate of drug-likeness (QED) is 0.902. The molecule has 2 rings (SSSR count). The van der Waals surface area contributed by atoms with Crippen LogP contribution in [0.1, 0.15) is 18.1 Å². The zero-order valence-corrected chi connectivity index (χ0v) is 11.5. The zero-order valence-electron chi connectivity index (χ0n) is 11.5. The number of benzene rings is 2. The Balaban J connectivity index is 2.28. The molecule has 2 aromatic carbocycles. The number of para-hydroxylation sites is 1. The molecule has 1 amide bonds. The minimum absolute atomic E-state index is 0.171. The Labute approximate surface area is 117 Å². The summed E-state index contributed by atoms with van der Waals surface area (Å²) in [5, 5.41) is 2.58. The number of aryl methyl sites for hydroxylation is 1. The highest BCUT2D eigenvalue weighted by Crippen LogP contribution is 2.23. The molecule has 0 aliphatic rings. The molecule has 0 radical (unpaired) electrons. The van der Waals surface area contributed by atoms with E-state index in [2.05, 4.69) is 5.32 Å². The van der Waals surface area contributed by atoms with E-state index in [1.165, 1.54) is 6.07 Å². The minimum Gasteiger partial charge on any atom is -0.321 e. The van der Waals surface area contributed by atoms with Crippen LogP contribution in [0.4, 0.5) is 10.1 Å². The van der Waals surface area contributed by atoms with Crippen molar-refractivity contribution in [2.24, 2.45) is 5.73 Å². The summed E-state index contributed by atoms with van der Waals surface area (Å²) >= 11 is 0. The lowest BCUT2D eigenvalue weighted by Crippen LogP contribution is -2.45. The molecule has 0 saturated heterocycles. The Bertz CT molecular complexity index is 603. The van der Waals surface area contributed by atoms with E-state index in [0.29, 0.717) is 11.1 Å². The summed E-state index contributed by atoms with van der Waals surface area (Å²) in [6.45, 7) is 3.34. The van der Waals surface area contributed by atoms with Crippen LogP contribution >= 0.6 is 0 Å². The van der Waals surface area contributed by atoms with Crippen LogP contribution < -0.4 is 11.1 Å². The van der Waals surface area contributed by atoms with Gasteiger partial charge in [0, 0.05) is 0 Å². The molecule has 0 saturated carbocycles. The lowest BCUT2D eigenvalue weighted by molar-refractivity contribution is -0.120. The maximum Gasteiger partial charge on any atom is 0.248 e. The first-order valence-corrected chi connectivity index (χ1v) is 6.34. The molecule has 1 unspecified atom stereocenters. The smallest absolute Gasteiger partial charge is 0.248 e. The van der Waals surface area contributed by atoms with E-state index in [-0.39, 0.29) is 5.69 Å². The van der Waals surface area contributed by atoms with Crippen molar-refractivity contribution in [2.45, 2.75) is 19.4 Å². The molecule has 2 aromatic rings. The third-order valence-corrected chi connectivity index (χ3v) is 3.31. The van der Waals surface area contributed by atoms with Crippen molar-refractivity contribution in [2.75, 3.05) is 5.32 Å². The van der Waals surface area contributed by atoms with E-state index >= 15 is 0 Å². The van der Waals surface area contributed by atoms with Crippen molar-refractivity contribution in [3.05, 3.63) is 65.5 Å². The molecule has 104 valence electrons. The molecule has 0 aliphatic carbocycles. The van der Waals surface area contributed by atoms with Gasteiger partial charge in [0.25, 0.3) is 0 Å². The van der Waals surface area contributed by atoms with Gasteiger partial charge in [-0.1, -0.05) is 42.5 Å². The molecule has 4 heteroatoms. The summed E-state index contributed by atoms with van der Waals surface area (Å²) < 4.78 is 13.7. The van der Waals surface area contributed by atoms with Crippen LogP contribution in [0.3, 0.4) is 0 Å². The number of amides is 1. The fourth-order valence-corrected chi connectivity index (χ4v) is 1.95. The highest BCUT2D eigenvalue weighted by Gasteiger charge is 2.31. The molecular formula is C16H17FN2O. The lowest BCUT2D eigenvalue weighted by atomic mass is 9.92. The van der Waals surface area contributed by atoms with Gasteiger partial charge in [-0.15, -0.1) is 0 Å². The Hall–Kier alpha value is -2.20. The van der Waals surface area contributed by atoms with Crippen LogP contribution in [0.5, 0.6) is 0 Å². The second-order valence-corrected chi connectivity index (χ2v) is 4.95. The van der Waals surface area contributed by atoms with E-state index < -0.39 is 17.3 Å². The zero-order chi connectivity index (χ0) is 14.8. The Kier molecular flexibility index (Phi) is 3.86. The number of hydrogen-bond acceptors (Lipinski definition) is 2. The predicted molar refractivity (Wildman–Crippen MR) is 77.7 cm³/mol. The number of anilines is 1. The second kappa shape index (κ2) is 5.43. The van der Waals surface area contributed by atoms with Crippen molar-refractivity contribution >= 4 is 11.6 Å². The summed E-state index contributed by atoms with van der Waals surface area (Å²) in [6, 6.07) is 13.6. The van der Waals surface area contributed by atoms with Crippen molar-refractivity contribution in [1.29, 1.82) is 0 Å². The van der Waals surface area contributed by atoms with Crippen LogP contribution in [-0.4, -0.2) is 5.91 Å². The summed E-state index contributed by atoms with van der Waals surface area (Å²) in [5.74, 6) is -0.917. The molecular weight excluding hydrogens is 255 g/mol. The maximum absolute atomic E-state index is 13.7. The molecule has 0 aromatic heterocycles. The SMILES string of the molecule is Cc1cccc(F)c1NC(=O)C(C)(N)c1ccccc1. The van der Waals surface area contributed by atoms with Crippen LogP contribution in [0.15, 0.2) is 48.5 Å². The van der Waals surface area contributed by atoms with Gasteiger partial charge in [-0.05, 0) is 31.0 Å². The van der Waals surface area contributed by atoms with E-state index in [9.17, 15) is 9.18 Å². The molecule has 3 N–H and O–H groups in total. The van der Waals surface area contributed by atoms with Crippen molar-refractivity contribution in [3.63, 3.8) is 0 Å². The normalized spacial score (nSPS) is 13.6. The van der Waals surface area contributed by atoms with E-state index in [1.54, 1.807) is 38.1 Å². The van der Waals surface area contributed by atoms with Gasteiger partial charge >= 0.3 is 0 Å². The number of carbonyl (C=O) groups excluding carboxylic acids is 1. The number of carbonyl (C=O) groups is 1. The fourth-order valence-electron chi connectivity index (χ4n) is 1.95. The second-order valence-electron chi connectivity index (χ2n) is 4.95. The molecule has 0 spiro atoms. The summed E-state index contributed by atoms with van der Waals surface area (Å²) in [7, 11) is 0. The van der Waals surface area contributed by atoms with E-state index in [1.807, 2.05) is 18.2 Å². The first kappa shape index (κ1) is 14.2. The van der Waals surface area contributed by atoms with Gasteiger partial charge in [-0.25, -0.2) is 4.39 Å². The number of nitrogens with one attached hydrogen (secondary N) is 1. The maximum atomic E-state index is 13.7. The Morgan fingerprint density at radius 3 is 2.40 bits per heavy atom. The van der Waals surface area contributed by atoms with Crippen LogP contribution in [0.25, 0.3) is 0 Å². The summed E-state index contributed by atoms with van der Waals surface area (Å²) in [4.78, 5) is 12.3. The standard InChI is InChI=1S/C16H17FN2O/c1-11-7-6-10-13(17)14(11)19-15(20)16(2,18)12-8-4-3-5-9-12/h3-10H,18H2,1-2H3,(H,19,20). The molecule has 1 atom stereocenters. The van der Waals surface area contributed by atoms with Gasteiger partial charge in [0.1, 0.15) is 11.4 Å². The number of halogens is 1. The van der Waals surface area contributed by atoms with Crippen LogP contribution in [0, 0.1) is 12.7 Å². The van der Waals surface area contributed by atoms with Crippen molar-refractivity contribution < 1.29 is 9.18 Å². The van der Waals surface area contributed by atoms with Crippen molar-refractivity contribution in [1.82, 2.24) is 0 Å². The molecule has 0 aliphatic heterocycles. The monoisotopic (exact) mass is 272 g/mol. The minimum atomic E-state index is -1.23. The molecule has 20 heavy (non-hydrogen) atoms. The summed E-state index contributed by atoms with van der Waals surface area (Å²) in [5.41, 5.74) is 6.37. The summed E-state index contributed by atoms with van der Waals surface area (Å²) in [6.07, 6.45) is 0. The van der Waals surface area contributed by atoms with Crippen LogP contribution in [-0.2, 0) is 10.3 Å². The first-order chi connectivity index (χ1) is 9.43. The molecule has 3 nitrogen and oxygen atoms in total. The fraction of sp³-hybridized carbons (Fsp3) is 0.188. The van der Waals surface area contributed by atoms with Crippen molar-refractivity contribution in [3.8, 4) is 0 Å². The predicted octanol–water partition coefficient (Wildman–Crippen LogP) is 2.95. The largest absolute Gasteiger partial charge is 0.321 e. The number of nitrogens with two attached hydrogens (primary N) is 1. The van der Waals surface area contributed by atoms with E-state index in [0.717, 1.165) is 0 Å². The third kappa shape index (κ3) is 2.70. The van der Waals surface area contributed by atoms with Gasteiger partial charge in [-0.2, -0.15) is 0 Å². The van der Waals surface area contributed by atoms with Gasteiger partial charge in [0.15, 0.2) is 0 Å². The Morgan fingerprint density at radius 2 is 1.80 bits per heavy atom.